The number of aromatic nitrogens is 2. The first-order valence-electron chi connectivity index (χ1n) is 6.43. The quantitative estimate of drug-likeness (QED) is 0.397. The van der Waals surface area contributed by atoms with Crippen LogP contribution in [0.1, 0.15) is 0 Å². The Balaban J connectivity index is 2.32. The lowest BCUT2D eigenvalue weighted by Crippen LogP contribution is -1.82. The van der Waals surface area contributed by atoms with Gasteiger partial charge in [0.05, 0.1) is 11.0 Å². The molecule has 0 fully saturated rings. The molecule has 0 unspecified atom stereocenters. The smallest absolute Gasteiger partial charge is 0.145 e. The summed E-state index contributed by atoms with van der Waals surface area (Å²) in [6.45, 7) is 0. The highest BCUT2D eigenvalue weighted by Gasteiger charge is 2.16. The fourth-order valence-electron chi connectivity index (χ4n) is 3.24. The summed E-state index contributed by atoms with van der Waals surface area (Å²) >= 11 is 0. The van der Waals surface area contributed by atoms with Gasteiger partial charge in [-0.05, 0) is 18.2 Å². The van der Waals surface area contributed by atoms with E-state index in [0.29, 0.717) is 0 Å². The fraction of sp³-hybridized carbons (Fsp3) is 0. The second-order valence-corrected chi connectivity index (χ2v) is 4.93. The van der Waals surface area contributed by atoms with E-state index in [1.807, 2.05) is 12.3 Å². The van der Waals surface area contributed by atoms with E-state index >= 15 is 0 Å². The van der Waals surface area contributed by atoms with E-state index in [4.69, 9.17) is 0 Å². The minimum atomic E-state index is 1.05. The summed E-state index contributed by atoms with van der Waals surface area (Å²) in [6, 6.07) is 19.2. The third kappa shape index (κ3) is 0.968. The Morgan fingerprint density at radius 2 is 1.42 bits per heavy atom. The predicted octanol–water partition coefficient (Wildman–Crippen LogP) is 4.23. The highest BCUT2D eigenvalue weighted by Crippen LogP contribution is 2.37. The van der Waals surface area contributed by atoms with Crippen molar-refractivity contribution < 1.29 is 0 Å². The predicted molar refractivity (Wildman–Crippen MR) is 78.9 cm³/mol. The molecule has 0 aliphatic heterocycles. The Kier molecular flexibility index (Phi) is 1.49. The third-order valence-electron chi connectivity index (χ3n) is 3.98. The Bertz CT molecular complexity index is 976. The topological polar surface area (TPSA) is 17.3 Å². The molecule has 2 aromatic carbocycles. The molecule has 5 aromatic rings. The maximum absolute atomic E-state index is 4.58. The molecule has 0 spiro atoms. The lowest BCUT2D eigenvalue weighted by atomic mass is 10.1. The zero-order valence-electron chi connectivity index (χ0n) is 10.2. The lowest BCUT2D eigenvalue weighted by Gasteiger charge is -1.95. The number of pyridine rings is 1. The van der Waals surface area contributed by atoms with Crippen molar-refractivity contribution in [1.82, 2.24) is 9.38 Å². The number of para-hydroxylation sites is 2. The van der Waals surface area contributed by atoms with Crippen molar-refractivity contribution in [2.75, 3.05) is 0 Å². The maximum Gasteiger partial charge on any atom is 0.145 e. The van der Waals surface area contributed by atoms with Crippen LogP contribution in [0.3, 0.4) is 0 Å². The minimum Gasteiger partial charge on any atom is -0.293 e. The standard InChI is InChI=1S/C17H10N2/c1-2-9-15-11(5-1)12-6-3-7-13-14-8-4-10-18-17(14)19(15)16(12)13/h1-10H. The maximum atomic E-state index is 4.58. The Morgan fingerprint density at radius 1 is 0.684 bits per heavy atom. The van der Waals surface area contributed by atoms with Crippen LogP contribution >= 0.6 is 0 Å². The number of hydrogen-bond acceptors (Lipinski definition) is 1. The second kappa shape index (κ2) is 3.04. The summed E-state index contributed by atoms with van der Waals surface area (Å²) in [6.07, 6.45) is 1.87. The molecule has 0 saturated carbocycles. The van der Waals surface area contributed by atoms with Crippen molar-refractivity contribution in [1.29, 1.82) is 0 Å². The van der Waals surface area contributed by atoms with Gasteiger partial charge in [0.25, 0.3) is 0 Å². The molecule has 2 heteroatoms. The van der Waals surface area contributed by atoms with Crippen molar-refractivity contribution >= 4 is 38.2 Å². The van der Waals surface area contributed by atoms with Crippen LogP contribution in [0.15, 0.2) is 60.8 Å². The molecular weight excluding hydrogens is 232 g/mol. The largest absolute Gasteiger partial charge is 0.293 e. The molecule has 0 atom stereocenters. The summed E-state index contributed by atoms with van der Waals surface area (Å²) in [5.41, 5.74) is 3.58. The zero-order chi connectivity index (χ0) is 12.4. The van der Waals surface area contributed by atoms with Crippen LogP contribution in [0.2, 0.25) is 0 Å². The van der Waals surface area contributed by atoms with Gasteiger partial charge in [0, 0.05) is 27.7 Å². The van der Waals surface area contributed by atoms with E-state index in [0.717, 1.165) is 5.65 Å². The van der Waals surface area contributed by atoms with Crippen LogP contribution in [-0.2, 0) is 0 Å². The van der Waals surface area contributed by atoms with Crippen molar-refractivity contribution in [3.63, 3.8) is 0 Å². The zero-order valence-corrected chi connectivity index (χ0v) is 10.2. The first-order chi connectivity index (χ1) is 9.45. The molecule has 0 bridgehead atoms. The molecule has 2 nitrogen and oxygen atoms in total. The van der Waals surface area contributed by atoms with E-state index in [9.17, 15) is 0 Å². The van der Waals surface area contributed by atoms with Crippen LogP contribution < -0.4 is 0 Å². The molecule has 0 amide bonds. The van der Waals surface area contributed by atoms with E-state index in [1.165, 1.54) is 32.6 Å². The second-order valence-electron chi connectivity index (χ2n) is 4.93. The summed E-state index contributed by atoms with van der Waals surface area (Å²) < 4.78 is 2.29. The molecule has 0 saturated heterocycles. The van der Waals surface area contributed by atoms with Gasteiger partial charge in [0.15, 0.2) is 0 Å². The van der Waals surface area contributed by atoms with Gasteiger partial charge in [0.2, 0.25) is 0 Å². The summed E-state index contributed by atoms with van der Waals surface area (Å²) in [7, 11) is 0. The van der Waals surface area contributed by atoms with Gasteiger partial charge >= 0.3 is 0 Å². The van der Waals surface area contributed by atoms with Gasteiger partial charge < -0.3 is 0 Å². The third-order valence-corrected chi connectivity index (χ3v) is 3.98. The monoisotopic (exact) mass is 242 g/mol. The molecule has 88 valence electrons. The highest BCUT2D eigenvalue weighted by atomic mass is 15.0. The van der Waals surface area contributed by atoms with Crippen molar-refractivity contribution in [3.8, 4) is 0 Å². The molecule has 5 rings (SSSR count). The van der Waals surface area contributed by atoms with Crippen LogP contribution in [0.5, 0.6) is 0 Å². The number of nitrogens with zero attached hydrogens (tertiary/aromatic N) is 2. The van der Waals surface area contributed by atoms with E-state index in [-0.39, 0.29) is 0 Å². The number of benzene rings is 2. The SMILES string of the molecule is c1ccc2c(c1)c1cccc3c4cccnc4n2c13. The summed E-state index contributed by atoms with van der Waals surface area (Å²) in [4.78, 5) is 4.58. The Morgan fingerprint density at radius 3 is 2.37 bits per heavy atom. The summed E-state index contributed by atoms with van der Waals surface area (Å²) in [5, 5.41) is 5.13. The molecule has 3 aromatic heterocycles. The van der Waals surface area contributed by atoms with Gasteiger partial charge in [-0.3, -0.25) is 4.40 Å². The first-order valence-corrected chi connectivity index (χ1v) is 6.43. The Labute approximate surface area is 109 Å². The van der Waals surface area contributed by atoms with E-state index in [2.05, 4.69) is 57.9 Å². The minimum absolute atomic E-state index is 1.05. The van der Waals surface area contributed by atoms with Crippen molar-refractivity contribution in [2.45, 2.75) is 0 Å². The van der Waals surface area contributed by atoms with E-state index in [1.54, 1.807) is 0 Å². The lowest BCUT2D eigenvalue weighted by molar-refractivity contribution is 1.27. The highest BCUT2D eigenvalue weighted by molar-refractivity contribution is 6.22. The van der Waals surface area contributed by atoms with Gasteiger partial charge in [-0.15, -0.1) is 0 Å². The average molecular weight is 242 g/mol. The van der Waals surface area contributed by atoms with Gasteiger partial charge in [-0.25, -0.2) is 4.98 Å². The van der Waals surface area contributed by atoms with Crippen LogP contribution in [0, 0.1) is 0 Å². The van der Waals surface area contributed by atoms with E-state index < -0.39 is 0 Å². The molecule has 0 aliphatic carbocycles. The molecule has 0 radical (unpaired) electrons. The fourth-order valence-corrected chi connectivity index (χ4v) is 3.24. The Hall–Kier alpha value is -2.61. The van der Waals surface area contributed by atoms with Gasteiger partial charge in [-0.1, -0.05) is 36.4 Å². The molecular formula is C17H10N2. The molecule has 0 N–H and O–H groups in total. The first kappa shape index (κ1) is 9.34. The average Bonchev–Trinajstić information content (AvgIpc) is 2.99. The molecule has 19 heavy (non-hydrogen) atoms. The number of hydrogen-bond donors (Lipinski definition) is 0. The normalized spacial score (nSPS) is 12.2. The van der Waals surface area contributed by atoms with Crippen LogP contribution in [-0.4, -0.2) is 9.38 Å². The van der Waals surface area contributed by atoms with Crippen LogP contribution in [0.4, 0.5) is 0 Å². The number of rotatable bonds is 0. The summed E-state index contributed by atoms with van der Waals surface area (Å²) in [5.74, 6) is 0. The van der Waals surface area contributed by atoms with Gasteiger partial charge in [0.1, 0.15) is 5.65 Å². The van der Waals surface area contributed by atoms with Gasteiger partial charge in [-0.2, -0.15) is 0 Å². The van der Waals surface area contributed by atoms with Crippen molar-refractivity contribution in [3.05, 3.63) is 60.8 Å². The number of fused-ring (bicyclic) bond motifs is 6. The van der Waals surface area contributed by atoms with Crippen LogP contribution in [0.25, 0.3) is 38.2 Å². The molecule has 3 heterocycles. The van der Waals surface area contributed by atoms with Crippen molar-refractivity contribution in [2.24, 2.45) is 0 Å². The molecule has 0 aliphatic rings.